The van der Waals surface area contributed by atoms with Crippen LogP contribution in [0.15, 0.2) is 22.6 Å². The van der Waals surface area contributed by atoms with E-state index in [9.17, 15) is 0 Å². The van der Waals surface area contributed by atoms with Gasteiger partial charge in [-0.3, -0.25) is 0 Å². The maximum atomic E-state index is 6.04. The molecule has 16 heavy (non-hydrogen) atoms. The average Bonchev–Trinajstić information content (AvgIpc) is 2.58. The lowest BCUT2D eigenvalue weighted by Crippen LogP contribution is -1.88. The molecule has 2 rings (SSSR count). The second-order valence-electron chi connectivity index (χ2n) is 4.14. The Morgan fingerprint density at radius 2 is 1.88 bits per heavy atom. The number of furan rings is 1. The van der Waals surface area contributed by atoms with Crippen LogP contribution in [0.4, 0.5) is 0 Å². The van der Waals surface area contributed by atoms with Gasteiger partial charge in [0, 0.05) is 22.4 Å². The van der Waals surface area contributed by atoms with Crippen LogP contribution in [0.3, 0.4) is 0 Å². The highest BCUT2D eigenvalue weighted by molar-refractivity contribution is 6.31. The number of rotatable bonds is 4. The van der Waals surface area contributed by atoms with Gasteiger partial charge in [0.1, 0.15) is 11.3 Å². The fourth-order valence-corrected chi connectivity index (χ4v) is 2.30. The number of fused-ring (bicyclic) bond motifs is 1. The van der Waals surface area contributed by atoms with Crippen molar-refractivity contribution in [2.45, 2.75) is 39.5 Å². The van der Waals surface area contributed by atoms with Crippen LogP contribution in [0.5, 0.6) is 0 Å². The topological polar surface area (TPSA) is 13.1 Å². The molecule has 0 fully saturated rings. The molecule has 0 spiro atoms. The van der Waals surface area contributed by atoms with Gasteiger partial charge in [0.2, 0.25) is 0 Å². The van der Waals surface area contributed by atoms with E-state index in [2.05, 4.69) is 13.8 Å². The summed E-state index contributed by atoms with van der Waals surface area (Å²) in [7, 11) is 0. The van der Waals surface area contributed by atoms with Gasteiger partial charge in [-0.15, -0.1) is 0 Å². The molecule has 0 saturated carbocycles. The molecule has 0 aliphatic rings. The van der Waals surface area contributed by atoms with Crippen LogP contribution in [-0.4, -0.2) is 0 Å². The fourth-order valence-electron chi connectivity index (χ4n) is 2.12. The first kappa shape index (κ1) is 11.5. The lowest BCUT2D eigenvalue weighted by atomic mass is 10.0. The minimum Gasteiger partial charge on any atom is -0.461 e. The predicted molar refractivity (Wildman–Crippen MR) is 69.2 cm³/mol. The van der Waals surface area contributed by atoms with Crippen molar-refractivity contribution in [1.82, 2.24) is 0 Å². The van der Waals surface area contributed by atoms with Gasteiger partial charge in [-0.1, -0.05) is 31.9 Å². The number of benzene rings is 1. The number of aryl methyl sites for hydroxylation is 2. The maximum absolute atomic E-state index is 6.04. The summed E-state index contributed by atoms with van der Waals surface area (Å²) >= 11 is 6.04. The van der Waals surface area contributed by atoms with Gasteiger partial charge in [-0.2, -0.15) is 0 Å². The molecule has 0 radical (unpaired) electrons. The van der Waals surface area contributed by atoms with E-state index < -0.39 is 0 Å². The third kappa shape index (κ3) is 2.10. The van der Waals surface area contributed by atoms with E-state index in [-0.39, 0.29) is 0 Å². The monoisotopic (exact) mass is 236 g/mol. The standard InChI is InChI=1S/C14H17ClO/c1-3-5-11-12-9-10(15)7-8-14(12)16-13(11)6-4-2/h7-9H,3-6H2,1-2H3. The Hall–Kier alpha value is -0.950. The van der Waals surface area contributed by atoms with Crippen LogP contribution in [0, 0.1) is 0 Å². The normalized spacial score (nSPS) is 11.2. The van der Waals surface area contributed by atoms with E-state index in [1.54, 1.807) is 0 Å². The Kier molecular flexibility index (Phi) is 3.55. The third-order valence-corrected chi connectivity index (χ3v) is 3.05. The molecule has 0 bridgehead atoms. The lowest BCUT2D eigenvalue weighted by Gasteiger charge is -1.99. The molecule has 2 aromatic rings. The van der Waals surface area contributed by atoms with Gasteiger partial charge >= 0.3 is 0 Å². The molecule has 0 N–H and O–H groups in total. The van der Waals surface area contributed by atoms with E-state index in [1.807, 2.05) is 18.2 Å². The first-order valence-corrected chi connectivity index (χ1v) is 6.33. The molecule has 0 saturated heterocycles. The zero-order valence-electron chi connectivity index (χ0n) is 9.85. The summed E-state index contributed by atoms with van der Waals surface area (Å²) in [6.45, 7) is 4.37. The molecular weight excluding hydrogens is 220 g/mol. The molecule has 0 unspecified atom stereocenters. The van der Waals surface area contributed by atoms with Crippen molar-refractivity contribution < 1.29 is 4.42 Å². The molecule has 0 atom stereocenters. The SMILES string of the molecule is CCCc1oc2ccc(Cl)cc2c1CCC. The second kappa shape index (κ2) is 4.92. The van der Waals surface area contributed by atoms with Crippen molar-refractivity contribution in [3.63, 3.8) is 0 Å². The fraction of sp³-hybridized carbons (Fsp3) is 0.429. The number of hydrogen-bond acceptors (Lipinski definition) is 1. The van der Waals surface area contributed by atoms with Gasteiger partial charge < -0.3 is 4.42 Å². The van der Waals surface area contributed by atoms with E-state index in [0.717, 1.165) is 42.0 Å². The van der Waals surface area contributed by atoms with Crippen molar-refractivity contribution in [2.75, 3.05) is 0 Å². The van der Waals surface area contributed by atoms with Crippen LogP contribution >= 0.6 is 11.6 Å². The Morgan fingerprint density at radius 3 is 2.56 bits per heavy atom. The van der Waals surface area contributed by atoms with E-state index >= 15 is 0 Å². The van der Waals surface area contributed by atoms with Crippen LogP contribution in [-0.2, 0) is 12.8 Å². The van der Waals surface area contributed by atoms with Crippen LogP contribution in [0.2, 0.25) is 5.02 Å². The molecule has 1 aromatic carbocycles. The summed E-state index contributed by atoms with van der Waals surface area (Å²) in [5, 5.41) is 1.98. The molecule has 0 amide bonds. The first-order chi connectivity index (χ1) is 7.76. The largest absolute Gasteiger partial charge is 0.461 e. The van der Waals surface area contributed by atoms with Crippen LogP contribution in [0.25, 0.3) is 11.0 Å². The lowest BCUT2D eigenvalue weighted by molar-refractivity contribution is 0.537. The Morgan fingerprint density at radius 1 is 1.12 bits per heavy atom. The Bertz CT molecular complexity index is 485. The first-order valence-electron chi connectivity index (χ1n) is 5.96. The molecular formula is C14H17ClO. The van der Waals surface area contributed by atoms with Gasteiger partial charge in [-0.25, -0.2) is 0 Å². The highest BCUT2D eigenvalue weighted by Crippen LogP contribution is 2.30. The zero-order valence-corrected chi connectivity index (χ0v) is 10.6. The molecule has 0 aliphatic carbocycles. The van der Waals surface area contributed by atoms with E-state index in [4.69, 9.17) is 16.0 Å². The number of hydrogen-bond donors (Lipinski definition) is 0. The van der Waals surface area contributed by atoms with E-state index in [0.29, 0.717) is 0 Å². The summed E-state index contributed by atoms with van der Waals surface area (Å²) in [6.07, 6.45) is 4.34. The highest BCUT2D eigenvalue weighted by Gasteiger charge is 2.12. The van der Waals surface area contributed by atoms with Crippen molar-refractivity contribution in [1.29, 1.82) is 0 Å². The van der Waals surface area contributed by atoms with E-state index in [1.165, 1.54) is 10.9 Å². The quantitative estimate of drug-likeness (QED) is 0.729. The minimum absolute atomic E-state index is 0.786. The van der Waals surface area contributed by atoms with Gasteiger partial charge in [0.15, 0.2) is 0 Å². The maximum Gasteiger partial charge on any atom is 0.134 e. The van der Waals surface area contributed by atoms with Gasteiger partial charge in [0.25, 0.3) is 0 Å². The van der Waals surface area contributed by atoms with Gasteiger partial charge in [-0.05, 0) is 31.0 Å². The summed E-state index contributed by atoms with van der Waals surface area (Å²) < 4.78 is 5.89. The minimum atomic E-state index is 0.786. The highest BCUT2D eigenvalue weighted by atomic mass is 35.5. The zero-order chi connectivity index (χ0) is 11.5. The molecule has 1 aromatic heterocycles. The van der Waals surface area contributed by atoms with Crippen molar-refractivity contribution in [3.05, 3.63) is 34.5 Å². The summed E-state index contributed by atoms with van der Waals surface area (Å²) in [6, 6.07) is 5.87. The molecule has 86 valence electrons. The molecule has 1 nitrogen and oxygen atoms in total. The second-order valence-corrected chi connectivity index (χ2v) is 4.58. The van der Waals surface area contributed by atoms with Gasteiger partial charge in [0.05, 0.1) is 0 Å². The summed E-state index contributed by atoms with van der Waals surface area (Å²) in [5.74, 6) is 1.14. The molecule has 2 heteroatoms. The van der Waals surface area contributed by atoms with Crippen molar-refractivity contribution >= 4 is 22.6 Å². The summed E-state index contributed by atoms with van der Waals surface area (Å²) in [5.41, 5.74) is 2.32. The van der Waals surface area contributed by atoms with Crippen molar-refractivity contribution in [3.8, 4) is 0 Å². The Balaban J connectivity index is 2.57. The van der Waals surface area contributed by atoms with Crippen molar-refractivity contribution in [2.24, 2.45) is 0 Å². The average molecular weight is 237 g/mol. The van der Waals surface area contributed by atoms with Crippen LogP contribution in [0.1, 0.15) is 38.0 Å². The predicted octanol–water partition coefficient (Wildman–Crippen LogP) is 4.99. The van der Waals surface area contributed by atoms with Crippen LogP contribution < -0.4 is 0 Å². The summed E-state index contributed by atoms with van der Waals surface area (Å²) in [4.78, 5) is 0. The Labute approximate surface area is 101 Å². The molecule has 0 aliphatic heterocycles. The number of halogens is 1. The smallest absolute Gasteiger partial charge is 0.134 e. The third-order valence-electron chi connectivity index (χ3n) is 2.81. The molecule has 1 heterocycles.